The van der Waals surface area contributed by atoms with E-state index in [4.69, 9.17) is 13.9 Å². The van der Waals surface area contributed by atoms with Gasteiger partial charge in [-0.05, 0) is 59.9 Å². The number of methoxy groups -OCH3 is 2. The molecule has 0 aliphatic carbocycles. The number of oxazole rings is 1. The first kappa shape index (κ1) is 50.6. The molecule has 3 heterocycles. The second kappa shape index (κ2) is 22.3. The number of hydrogen-bond acceptors (Lipinski definition) is 9. The maximum absolute atomic E-state index is 10.4. The predicted molar refractivity (Wildman–Crippen MR) is 248 cm³/mol. The fourth-order valence-corrected chi connectivity index (χ4v) is 6.62. The van der Waals surface area contributed by atoms with Crippen molar-refractivity contribution >= 4 is 54.7 Å². The number of aromatic nitrogens is 7. The maximum atomic E-state index is 10.4. The summed E-state index contributed by atoms with van der Waals surface area (Å²) in [5, 5.41) is 31.8. The molecule has 0 spiro atoms. The second-order valence-electron chi connectivity index (χ2n) is 14.5. The molecule has 11 nitrogen and oxygen atoms in total. The summed E-state index contributed by atoms with van der Waals surface area (Å²) < 4.78 is 78.5. The van der Waals surface area contributed by atoms with Crippen LogP contribution in [0.4, 0.5) is 26.3 Å². The first-order valence-corrected chi connectivity index (χ1v) is 20.4. The smallest absolute Gasteiger partial charge is 0.386 e. The van der Waals surface area contributed by atoms with Crippen LogP contribution < -0.4 is 9.47 Å². The van der Waals surface area contributed by atoms with Gasteiger partial charge >= 0.3 is 12.4 Å². The molecule has 0 aliphatic heterocycles. The fraction of sp³-hybridized carbons (Fsp3) is 0.118. The zero-order valence-electron chi connectivity index (χ0n) is 36.9. The summed E-state index contributed by atoms with van der Waals surface area (Å²) in [4.78, 5) is 7.58. The van der Waals surface area contributed by atoms with Crippen molar-refractivity contribution in [2.24, 2.45) is 0 Å². The van der Waals surface area contributed by atoms with Crippen LogP contribution in [0.2, 0.25) is 0 Å². The van der Waals surface area contributed by atoms with E-state index in [-0.39, 0.29) is 39.7 Å². The minimum absolute atomic E-state index is 0. The van der Waals surface area contributed by atoms with Crippen LogP contribution in [0.1, 0.15) is 13.8 Å². The van der Waals surface area contributed by atoms with Crippen LogP contribution in [0.15, 0.2) is 162 Å². The molecule has 0 amide bonds. The fourth-order valence-electron chi connectivity index (χ4n) is 6.62. The number of para-hydroxylation sites is 3. The van der Waals surface area contributed by atoms with Gasteiger partial charge in [-0.3, -0.25) is 0 Å². The number of benzene rings is 8. The zero-order chi connectivity index (χ0) is 48.4. The van der Waals surface area contributed by atoms with Crippen LogP contribution in [0.25, 0.3) is 77.5 Å². The van der Waals surface area contributed by atoms with E-state index >= 15 is 0 Å². The van der Waals surface area contributed by atoms with Gasteiger partial charge in [0.1, 0.15) is 33.3 Å². The first-order chi connectivity index (χ1) is 32.6. The van der Waals surface area contributed by atoms with Crippen LogP contribution in [-0.4, -0.2) is 66.7 Å². The second-order valence-corrected chi connectivity index (χ2v) is 14.5. The third-order valence-electron chi connectivity index (χ3n) is 9.42. The topological polar surface area (TPSA) is 126 Å². The average Bonchev–Trinajstić information content (AvgIpc) is 4.08. The standard InChI is InChI=1S/2C17H12N3O.C13H9NO2.2C2H3F3.Ir/c2*1-21-17-11-10-16(12-6-2-3-7-13(12)17)20-18-14-8-4-5-9-15(14)19-20;15-11-7-3-1-5-9(11)13-14-10-6-2-4-8-12(10)16-13;2*1-2(3,4)5;/h2*2-9,11H,1H3;1-8,15H;2*1H3;/q2*-1;;;;. The van der Waals surface area contributed by atoms with Crippen LogP contribution in [0.5, 0.6) is 17.2 Å². The van der Waals surface area contributed by atoms with Gasteiger partial charge in [-0.2, -0.15) is 68.5 Å². The van der Waals surface area contributed by atoms with Gasteiger partial charge in [0.05, 0.1) is 19.8 Å². The molecule has 0 bridgehead atoms. The number of rotatable bonds is 5. The normalized spacial score (nSPS) is 11.0. The van der Waals surface area contributed by atoms with Gasteiger partial charge in [0.15, 0.2) is 5.58 Å². The van der Waals surface area contributed by atoms with Crippen molar-refractivity contribution < 1.29 is 65.4 Å². The number of fused-ring (bicyclic) bond motifs is 5. The molecule has 18 heteroatoms. The summed E-state index contributed by atoms with van der Waals surface area (Å²) >= 11 is 0. The number of phenolic OH excluding ortho intramolecular Hbond substituents is 1. The number of ether oxygens (including phenoxy) is 2. The van der Waals surface area contributed by atoms with E-state index in [0.29, 0.717) is 11.5 Å². The van der Waals surface area contributed by atoms with Gasteiger partial charge in [0.25, 0.3) is 0 Å². The Morgan fingerprint density at radius 2 is 0.826 bits per heavy atom. The molecule has 0 saturated carbocycles. The van der Waals surface area contributed by atoms with E-state index in [1.165, 1.54) is 0 Å². The number of nitrogens with zero attached hydrogens (tertiary/aromatic N) is 7. The molecule has 69 heavy (non-hydrogen) atoms. The molecule has 11 aromatic rings. The molecular formula is C51H39F6IrN7O4-2. The number of phenols is 1. The Balaban J connectivity index is 0.000000155. The van der Waals surface area contributed by atoms with Gasteiger partial charge in [-0.25, -0.2) is 4.98 Å². The van der Waals surface area contributed by atoms with E-state index in [9.17, 15) is 31.4 Å². The molecule has 3 aromatic heterocycles. The quantitative estimate of drug-likeness (QED) is 0.132. The summed E-state index contributed by atoms with van der Waals surface area (Å²) in [6, 6.07) is 56.3. The third kappa shape index (κ3) is 13.2. The average molecular weight is 1120 g/mol. The SMILES string of the molecule is CC(F)(F)F.CC(F)(F)F.COc1c[c-]c(-n2nc3ccccc3n2)c2ccccc12.COc1c[c-]c(-n2nc3ccccc3n2)c2ccccc12.Oc1ccccc1-c1nc2ccccc2o1.[Ir]. The molecule has 0 fully saturated rings. The Labute approximate surface area is 403 Å². The Bertz CT molecular complexity index is 3170. The Morgan fingerprint density at radius 1 is 0.493 bits per heavy atom. The van der Waals surface area contributed by atoms with E-state index in [0.717, 1.165) is 77.6 Å². The van der Waals surface area contributed by atoms with Crippen molar-refractivity contribution in [3.63, 3.8) is 0 Å². The van der Waals surface area contributed by atoms with Gasteiger partial charge in [-0.1, -0.05) is 106 Å². The molecule has 0 saturated heterocycles. The zero-order valence-corrected chi connectivity index (χ0v) is 39.3. The van der Waals surface area contributed by atoms with Crippen LogP contribution in [0.3, 0.4) is 0 Å². The van der Waals surface area contributed by atoms with Crippen molar-refractivity contribution in [2.45, 2.75) is 26.2 Å². The van der Waals surface area contributed by atoms with Gasteiger partial charge in [0, 0.05) is 45.5 Å². The molecule has 8 aromatic carbocycles. The van der Waals surface area contributed by atoms with E-state index in [2.05, 4.69) is 37.5 Å². The largest absolute Gasteiger partial charge is 0.554 e. The monoisotopic (exact) mass is 1120 g/mol. The first-order valence-electron chi connectivity index (χ1n) is 20.4. The molecule has 355 valence electrons. The number of aromatic hydroxyl groups is 1. The Kier molecular flexibility index (Phi) is 16.4. The predicted octanol–water partition coefficient (Wildman–Crippen LogP) is 13.1. The van der Waals surface area contributed by atoms with Gasteiger partial charge < -0.3 is 19.0 Å². The van der Waals surface area contributed by atoms with E-state index < -0.39 is 12.4 Å². The number of alkyl halides is 6. The summed E-state index contributed by atoms with van der Waals surface area (Å²) in [5.41, 5.74) is 7.23. The molecule has 0 atom stereocenters. The van der Waals surface area contributed by atoms with Crippen molar-refractivity contribution in [1.29, 1.82) is 0 Å². The van der Waals surface area contributed by atoms with Crippen molar-refractivity contribution in [1.82, 2.24) is 35.0 Å². The Morgan fingerprint density at radius 3 is 1.20 bits per heavy atom. The summed E-state index contributed by atoms with van der Waals surface area (Å²) in [6.07, 6.45) is -8.00. The summed E-state index contributed by atoms with van der Waals surface area (Å²) in [6.45, 7) is 0.375. The molecule has 0 unspecified atom stereocenters. The Hall–Kier alpha value is -7.82. The molecule has 1 N–H and O–H groups in total. The van der Waals surface area contributed by atoms with Gasteiger partial charge in [0.2, 0.25) is 5.89 Å². The van der Waals surface area contributed by atoms with Crippen molar-refractivity contribution in [3.8, 4) is 40.1 Å². The maximum Gasteiger partial charge on any atom is 0.386 e. The molecule has 1 radical (unpaired) electrons. The number of halogens is 6. The van der Waals surface area contributed by atoms with Crippen molar-refractivity contribution in [2.75, 3.05) is 14.2 Å². The van der Waals surface area contributed by atoms with Crippen molar-refractivity contribution in [3.05, 3.63) is 170 Å². The van der Waals surface area contributed by atoms with Gasteiger partial charge in [-0.15, -0.1) is 24.3 Å². The number of hydrogen-bond donors (Lipinski definition) is 1. The van der Waals surface area contributed by atoms with E-state index in [1.807, 2.05) is 140 Å². The van der Waals surface area contributed by atoms with Crippen LogP contribution in [0, 0.1) is 12.1 Å². The van der Waals surface area contributed by atoms with Crippen LogP contribution in [-0.2, 0) is 20.1 Å². The summed E-state index contributed by atoms with van der Waals surface area (Å²) in [7, 11) is 3.32. The molecular weight excluding hydrogens is 1080 g/mol. The van der Waals surface area contributed by atoms with Crippen LogP contribution >= 0.6 is 0 Å². The minimum Gasteiger partial charge on any atom is -0.554 e. The molecule has 0 aliphatic rings. The third-order valence-corrected chi connectivity index (χ3v) is 9.42. The summed E-state index contributed by atoms with van der Waals surface area (Å²) in [5.74, 6) is 2.21. The van der Waals surface area contributed by atoms with E-state index in [1.54, 1.807) is 42.0 Å². The molecule has 11 rings (SSSR count). The minimum atomic E-state index is -4.00.